The molecule has 4 rings (SSSR count). The molecule has 0 N–H and O–H groups in total. The van der Waals surface area contributed by atoms with Crippen LogP contribution in [-0.4, -0.2) is 63.2 Å². The Morgan fingerprint density at radius 1 is 1.12 bits per heavy atom. The van der Waals surface area contributed by atoms with Gasteiger partial charge in [-0.2, -0.15) is 0 Å². The standard InChI is InChI=1S/C21H31NO4/c1-23-20-5-3-2-4-18(20)13-22-15-21(16-22)12-19(8-11-26-21)25-14-17-6-9-24-10-7-17/h2-5,17,19H,6-16H2,1H3/t19-/m0/s1. The fourth-order valence-electron chi connectivity index (χ4n) is 4.49. The number of ether oxygens (including phenoxy) is 4. The van der Waals surface area contributed by atoms with Crippen LogP contribution in [0.2, 0.25) is 0 Å². The van der Waals surface area contributed by atoms with Crippen LogP contribution in [0.4, 0.5) is 0 Å². The molecule has 3 aliphatic rings. The van der Waals surface area contributed by atoms with Crippen LogP contribution in [0.1, 0.15) is 31.2 Å². The second-order valence-corrected chi connectivity index (χ2v) is 7.99. The average Bonchev–Trinajstić information content (AvgIpc) is 2.67. The lowest BCUT2D eigenvalue weighted by Gasteiger charge is -2.53. The van der Waals surface area contributed by atoms with E-state index in [4.69, 9.17) is 18.9 Å². The lowest BCUT2D eigenvalue weighted by Crippen LogP contribution is -2.65. The maximum absolute atomic E-state index is 6.27. The molecule has 26 heavy (non-hydrogen) atoms. The molecule has 0 radical (unpaired) electrons. The molecule has 0 aromatic heterocycles. The zero-order chi connectivity index (χ0) is 17.8. The van der Waals surface area contributed by atoms with Crippen molar-refractivity contribution >= 4 is 0 Å². The van der Waals surface area contributed by atoms with Gasteiger partial charge in [0.1, 0.15) is 5.75 Å². The van der Waals surface area contributed by atoms with Crippen LogP contribution in [0, 0.1) is 5.92 Å². The summed E-state index contributed by atoms with van der Waals surface area (Å²) in [6, 6.07) is 8.27. The lowest BCUT2D eigenvalue weighted by molar-refractivity contribution is -0.201. The van der Waals surface area contributed by atoms with Gasteiger partial charge in [0.15, 0.2) is 0 Å². The first-order valence-corrected chi connectivity index (χ1v) is 9.94. The van der Waals surface area contributed by atoms with Crippen molar-refractivity contribution < 1.29 is 18.9 Å². The average molecular weight is 361 g/mol. The van der Waals surface area contributed by atoms with E-state index in [1.165, 1.54) is 5.56 Å². The fraction of sp³-hybridized carbons (Fsp3) is 0.714. The third kappa shape index (κ3) is 4.22. The molecule has 0 aliphatic carbocycles. The van der Waals surface area contributed by atoms with Crippen LogP contribution in [0.15, 0.2) is 24.3 Å². The summed E-state index contributed by atoms with van der Waals surface area (Å²) < 4.78 is 23.4. The first kappa shape index (κ1) is 18.2. The Kier molecular flexibility index (Phi) is 5.79. The summed E-state index contributed by atoms with van der Waals surface area (Å²) in [6.45, 7) is 6.39. The fourth-order valence-corrected chi connectivity index (χ4v) is 4.49. The molecule has 0 bridgehead atoms. The lowest BCUT2D eigenvalue weighted by atomic mass is 9.84. The summed E-state index contributed by atoms with van der Waals surface area (Å²) >= 11 is 0. The maximum atomic E-state index is 6.27. The molecule has 5 nitrogen and oxygen atoms in total. The van der Waals surface area contributed by atoms with Gasteiger partial charge in [0.05, 0.1) is 18.8 Å². The summed E-state index contributed by atoms with van der Waals surface area (Å²) in [6.07, 6.45) is 4.68. The molecule has 1 aromatic rings. The van der Waals surface area contributed by atoms with Gasteiger partial charge in [0, 0.05) is 58.0 Å². The molecule has 3 saturated heterocycles. The van der Waals surface area contributed by atoms with Crippen LogP contribution in [0.5, 0.6) is 5.75 Å². The van der Waals surface area contributed by atoms with Crippen molar-refractivity contribution in [3.05, 3.63) is 29.8 Å². The molecule has 0 unspecified atom stereocenters. The number of para-hydroxylation sites is 1. The quantitative estimate of drug-likeness (QED) is 0.779. The van der Waals surface area contributed by atoms with Crippen LogP contribution in [0.3, 0.4) is 0 Å². The van der Waals surface area contributed by atoms with E-state index in [1.54, 1.807) is 7.11 Å². The van der Waals surface area contributed by atoms with Gasteiger partial charge < -0.3 is 18.9 Å². The van der Waals surface area contributed by atoms with Gasteiger partial charge in [-0.3, -0.25) is 4.90 Å². The zero-order valence-electron chi connectivity index (χ0n) is 15.8. The van der Waals surface area contributed by atoms with Gasteiger partial charge in [0.25, 0.3) is 0 Å². The van der Waals surface area contributed by atoms with E-state index in [2.05, 4.69) is 17.0 Å². The number of methoxy groups -OCH3 is 1. The molecule has 5 heteroatoms. The maximum Gasteiger partial charge on any atom is 0.123 e. The highest BCUT2D eigenvalue weighted by atomic mass is 16.5. The Morgan fingerprint density at radius 3 is 2.73 bits per heavy atom. The van der Waals surface area contributed by atoms with Crippen LogP contribution in [0.25, 0.3) is 0 Å². The largest absolute Gasteiger partial charge is 0.496 e. The minimum atomic E-state index is 0.000603. The van der Waals surface area contributed by atoms with E-state index in [1.807, 2.05) is 12.1 Å². The third-order valence-corrected chi connectivity index (χ3v) is 5.97. The van der Waals surface area contributed by atoms with Gasteiger partial charge in [-0.15, -0.1) is 0 Å². The smallest absolute Gasteiger partial charge is 0.123 e. The second kappa shape index (κ2) is 8.26. The number of benzene rings is 1. The van der Waals surface area contributed by atoms with Crippen molar-refractivity contribution in [2.45, 2.75) is 43.9 Å². The van der Waals surface area contributed by atoms with Crippen molar-refractivity contribution in [2.24, 2.45) is 5.92 Å². The summed E-state index contributed by atoms with van der Waals surface area (Å²) in [4.78, 5) is 2.44. The first-order valence-electron chi connectivity index (χ1n) is 9.94. The Morgan fingerprint density at radius 2 is 1.92 bits per heavy atom. The molecule has 1 atom stereocenters. The Bertz CT molecular complexity index is 581. The minimum absolute atomic E-state index is 0.000603. The van der Waals surface area contributed by atoms with Gasteiger partial charge in [-0.1, -0.05) is 18.2 Å². The number of rotatable bonds is 6. The molecular weight excluding hydrogens is 330 g/mol. The summed E-state index contributed by atoms with van der Waals surface area (Å²) in [7, 11) is 1.74. The van der Waals surface area contributed by atoms with Crippen molar-refractivity contribution in [1.29, 1.82) is 0 Å². The van der Waals surface area contributed by atoms with Gasteiger partial charge in [-0.05, 0) is 31.2 Å². The zero-order valence-corrected chi connectivity index (χ0v) is 15.8. The van der Waals surface area contributed by atoms with E-state index in [9.17, 15) is 0 Å². The third-order valence-electron chi connectivity index (χ3n) is 5.97. The number of hydrogen-bond donors (Lipinski definition) is 0. The molecule has 0 amide bonds. The highest BCUT2D eigenvalue weighted by Crippen LogP contribution is 2.37. The SMILES string of the molecule is COc1ccccc1CN1CC2(C[C@@H](OCC3CCOCC3)CCO2)C1. The molecular formula is C21H31NO4. The predicted molar refractivity (Wildman–Crippen MR) is 99.5 cm³/mol. The summed E-state index contributed by atoms with van der Waals surface area (Å²) in [5.41, 5.74) is 1.24. The summed E-state index contributed by atoms with van der Waals surface area (Å²) in [5.74, 6) is 1.64. The Balaban J connectivity index is 1.25. The van der Waals surface area contributed by atoms with Gasteiger partial charge in [0.2, 0.25) is 0 Å². The second-order valence-electron chi connectivity index (χ2n) is 7.99. The monoisotopic (exact) mass is 361 g/mol. The Labute approximate surface area is 156 Å². The number of likely N-dealkylation sites (tertiary alicyclic amines) is 1. The van der Waals surface area contributed by atoms with Crippen LogP contribution >= 0.6 is 0 Å². The normalized spacial score (nSPS) is 26.6. The van der Waals surface area contributed by atoms with Crippen molar-refractivity contribution in [3.63, 3.8) is 0 Å². The van der Waals surface area contributed by atoms with Crippen LogP contribution < -0.4 is 4.74 Å². The first-order chi connectivity index (χ1) is 12.8. The number of nitrogens with zero attached hydrogens (tertiary/aromatic N) is 1. The minimum Gasteiger partial charge on any atom is -0.496 e. The number of hydrogen-bond acceptors (Lipinski definition) is 5. The van der Waals surface area contributed by atoms with Gasteiger partial charge in [-0.25, -0.2) is 0 Å². The molecule has 3 aliphatic heterocycles. The molecule has 144 valence electrons. The molecule has 3 fully saturated rings. The predicted octanol–water partition coefficient (Wildman–Crippen LogP) is 2.87. The molecule has 0 saturated carbocycles. The van der Waals surface area contributed by atoms with E-state index in [-0.39, 0.29) is 5.60 Å². The molecule has 1 aromatic carbocycles. The molecule has 3 heterocycles. The Hall–Kier alpha value is -1.14. The van der Waals surface area contributed by atoms with Crippen LogP contribution in [-0.2, 0) is 20.8 Å². The summed E-state index contributed by atoms with van der Waals surface area (Å²) in [5, 5.41) is 0. The van der Waals surface area contributed by atoms with E-state index >= 15 is 0 Å². The highest BCUT2D eigenvalue weighted by molar-refractivity contribution is 5.33. The van der Waals surface area contributed by atoms with Crippen molar-refractivity contribution in [2.75, 3.05) is 46.6 Å². The van der Waals surface area contributed by atoms with E-state index < -0.39 is 0 Å². The van der Waals surface area contributed by atoms with Crippen molar-refractivity contribution in [1.82, 2.24) is 4.90 Å². The van der Waals surface area contributed by atoms with E-state index in [0.29, 0.717) is 12.0 Å². The highest BCUT2D eigenvalue weighted by Gasteiger charge is 2.47. The van der Waals surface area contributed by atoms with Crippen molar-refractivity contribution in [3.8, 4) is 5.75 Å². The topological polar surface area (TPSA) is 40.2 Å². The van der Waals surface area contributed by atoms with Gasteiger partial charge >= 0.3 is 0 Å². The molecule has 1 spiro atoms. The van der Waals surface area contributed by atoms with E-state index in [0.717, 1.165) is 77.5 Å².